The van der Waals surface area contributed by atoms with Crippen LogP contribution in [0.25, 0.3) is 28.6 Å². The number of halogens is 1. The van der Waals surface area contributed by atoms with Gasteiger partial charge in [-0.15, -0.1) is 0 Å². The van der Waals surface area contributed by atoms with Gasteiger partial charge in [0.15, 0.2) is 17.1 Å². The molecule has 0 saturated heterocycles. The van der Waals surface area contributed by atoms with Crippen molar-refractivity contribution in [1.82, 2.24) is 4.98 Å². The first-order valence-electron chi connectivity index (χ1n) is 6.49. The van der Waals surface area contributed by atoms with E-state index in [4.69, 9.17) is 13.9 Å². The lowest BCUT2D eigenvalue weighted by Gasteiger charge is -2.02. The van der Waals surface area contributed by atoms with Crippen LogP contribution in [0, 0.1) is 5.82 Å². The van der Waals surface area contributed by atoms with Crippen LogP contribution in [-0.4, -0.2) is 15.3 Å². The molecule has 3 aromatic rings. The Morgan fingerprint density at radius 2 is 2.12 bits per heavy atom. The van der Waals surface area contributed by atoms with Gasteiger partial charge in [0.05, 0.1) is 0 Å². The minimum Gasteiger partial charge on any atom is -0.505 e. The Balaban J connectivity index is 2.02. The van der Waals surface area contributed by atoms with Crippen LogP contribution in [0.15, 0.2) is 41.3 Å². The highest BCUT2D eigenvalue weighted by molar-refractivity contribution is 7.90. The second-order valence-electron chi connectivity index (χ2n) is 4.54. The third-order valence-corrected chi connectivity index (χ3v) is 3.47. The molecule has 9 heteroatoms. The number of aromatic hydroxyl groups is 1. The van der Waals surface area contributed by atoms with Crippen molar-refractivity contribution in [3.8, 4) is 23.0 Å². The van der Waals surface area contributed by atoms with Crippen LogP contribution in [-0.2, 0) is 9.37 Å². The second-order valence-corrected chi connectivity index (χ2v) is 4.98. The van der Waals surface area contributed by atoms with Crippen molar-refractivity contribution in [3.05, 3.63) is 48.3 Å². The Kier molecular flexibility index (Phi) is 4.67. The third kappa shape index (κ3) is 3.19. The Labute approximate surface area is 139 Å². The highest BCUT2D eigenvalue weighted by Gasteiger charge is 2.14. The quantitative estimate of drug-likeness (QED) is 0.293. The summed E-state index contributed by atoms with van der Waals surface area (Å²) < 4.78 is 28.4. The van der Waals surface area contributed by atoms with Crippen LogP contribution >= 0.6 is 12.3 Å². The molecule has 0 aliphatic carbocycles. The topological polar surface area (TPSA) is 94.2 Å². The van der Waals surface area contributed by atoms with Gasteiger partial charge in [0.2, 0.25) is 5.89 Å². The van der Waals surface area contributed by atoms with E-state index in [0.29, 0.717) is 40.3 Å². The van der Waals surface area contributed by atoms with Crippen molar-refractivity contribution in [3.63, 3.8) is 0 Å². The Bertz CT molecular complexity index is 897. The van der Waals surface area contributed by atoms with Crippen LogP contribution in [0.5, 0.6) is 11.5 Å². The molecular formula is C15H10FNO6S. The lowest BCUT2D eigenvalue weighted by atomic mass is 10.2. The highest BCUT2D eigenvalue weighted by atomic mass is 32.2. The molecule has 0 radical (unpaired) electrons. The number of hydrogen-bond acceptors (Lipinski definition) is 8. The molecular weight excluding hydrogens is 341 g/mol. The van der Waals surface area contributed by atoms with Gasteiger partial charge < -0.3 is 13.7 Å². The summed E-state index contributed by atoms with van der Waals surface area (Å²) in [5.74, 6) is -0.719. The zero-order chi connectivity index (χ0) is 17.1. The van der Waals surface area contributed by atoms with Crippen LogP contribution in [0.4, 0.5) is 4.39 Å². The summed E-state index contributed by atoms with van der Waals surface area (Å²) in [6.07, 6.45) is 1.54. The first kappa shape index (κ1) is 16.3. The number of benzene rings is 2. The number of hydrogen-bond donors (Lipinski definition) is 2. The van der Waals surface area contributed by atoms with Gasteiger partial charge in [-0.1, -0.05) is 22.0 Å². The predicted molar refractivity (Wildman–Crippen MR) is 84.2 cm³/mol. The maximum atomic E-state index is 13.5. The summed E-state index contributed by atoms with van der Waals surface area (Å²) in [4.78, 5) is 4.28. The average Bonchev–Trinajstić information content (AvgIpc) is 3.01. The molecule has 24 heavy (non-hydrogen) atoms. The van der Waals surface area contributed by atoms with E-state index in [1.807, 2.05) is 0 Å². The molecule has 1 aromatic heterocycles. The summed E-state index contributed by atoms with van der Waals surface area (Å²) >= 11 is 0.399. The normalized spacial score (nSPS) is 10.9. The number of aromatic nitrogens is 1. The molecule has 2 aromatic carbocycles. The second kappa shape index (κ2) is 6.89. The number of phenols is 1. The molecule has 0 saturated carbocycles. The molecule has 7 nitrogen and oxygen atoms in total. The van der Waals surface area contributed by atoms with Crippen molar-refractivity contribution < 1.29 is 32.7 Å². The number of fused-ring (bicyclic) bond motifs is 1. The van der Waals surface area contributed by atoms with Crippen molar-refractivity contribution in [2.45, 2.75) is 0 Å². The minimum atomic E-state index is -0.778. The highest BCUT2D eigenvalue weighted by Crippen LogP contribution is 2.33. The molecule has 0 bridgehead atoms. The summed E-state index contributed by atoms with van der Waals surface area (Å²) in [5.41, 5.74) is 1.83. The van der Waals surface area contributed by atoms with E-state index in [2.05, 4.69) is 20.9 Å². The molecule has 124 valence electrons. The molecule has 0 aliphatic heterocycles. The van der Waals surface area contributed by atoms with E-state index < -0.39 is 11.6 Å². The lowest BCUT2D eigenvalue weighted by molar-refractivity contribution is -0.433. The molecule has 0 unspecified atom stereocenters. The van der Waals surface area contributed by atoms with Crippen molar-refractivity contribution in [2.24, 2.45) is 0 Å². The van der Waals surface area contributed by atoms with Gasteiger partial charge in [0.1, 0.15) is 11.3 Å². The van der Waals surface area contributed by atoms with E-state index in [1.54, 1.807) is 12.1 Å². The van der Waals surface area contributed by atoms with E-state index in [1.165, 1.54) is 18.2 Å². The third-order valence-electron chi connectivity index (χ3n) is 3.10. The van der Waals surface area contributed by atoms with E-state index in [-0.39, 0.29) is 5.89 Å². The van der Waals surface area contributed by atoms with Gasteiger partial charge in [-0.05, 0) is 24.3 Å². The fourth-order valence-corrected chi connectivity index (χ4v) is 2.29. The van der Waals surface area contributed by atoms with E-state index in [9.17, 15) is 9.50 Å². The zero-order valence-electron chi connectivity index (χ0n) is 11.9. The Hall–Kier alpha value is -2.59. The number of rotatable bonds is 6. The largest absolute Gasteiger partial charge is 0.505 e. The average molecular weight is 351 g/mol. The summed E-state index contributed by atoms with van der Waals surface area (Å²) in [6.45, 7) is 3.69. The van der Waals surface area contributed by atoms with Crippen molar-refractivity contribution in [1.29, 1.82) is 0 Å². The fraction of sp³-hybridized carbons (Fsp3) is 0. The zero-order valence-corrected chi connectivity index (χ0v) is 12.7. The monoisotopic (exact) mass is 351 g/mol. The molecule has 0 amide bonds. The molecule has 0 atom stereocenters. The van der Waals surface area contributed by atoms with Gasteiger partial charge >= 0.3 is 0 Å². The lowest BCUT2D eigenvalue weighted by Crippen LogP contribution is -1.86. The van der Waals surface area contributed by atoms with E-state index in [0.717, 1.165) is 6.07 Å². The molecule has 0 aliphatic rings. The van der Waals surface area contributed by atoms with Gasteiger partial charge in [0.25, 0.3) is 12.3 Å². The van der Waals surface area contributed by atoms with Gasteiger partial charge in [-0.25, -0.2) is 14.6 Å². The fourth-order valence-electron chi connectivity index (χ4n) is 2.06. The number of phenolic OH excluding ortho intramolecular Hbond substituents is 1. The SMILES string of the molecule is C=Cc1cc(OSOOO)cc2nc(-c3ccc(O)c(F)c3)oc12. The molecule has 1 heterocycles. The molecule has 0 spiro atoms. The number of nitrogens with zero attached hydrogens (tertiary/aromatic N) is 1. The summed E-state index contributed by atoms with van der Waals surface area (Å²) in [6, 6.07) is 6.98. The van der Waals surface area contributed by atoms with Gasteiger partial charge in [-0.2, -0.15) is 0 Å². The van der Waals surface area contributed by atoms with Crippen LogP contribution < -0.4 is 4.18 Å². The van der Waals surface area contributed by atoms with Gasteiger partial charge in [-0.3, -0.25) is 0 Å². The first-order valence-corrected chi connectivity index (χ1v) is 7.16. The minimum absolute atomic E-state index is 0.173. The van der Waals surface area contributed by atoms with Crippen molar-refractivity contribution in [2.75, 3.05) is 0 Å². The maximum absolute atomic E-state index is 13.5. The first-order chi connectivity index (χ1) is 11.6. The summed E-state index contributed by atoms with van der Waals surface area (Å²) in [7, 11) is 0. The number of oxazole rings is 1. The molecule has 3 rings (SSSR count). The van der Waals surface area contributed by atoms with Gasteiger partial charge in [0, 0.05) is 17.2 Å². The summed E-state index contributed by atoms with van der Waals surface area (Å²) in [5, 5.41) is 20.7. The maximum Gasteiger partial charge on any atom is 0.261 e. The standard InChI is InChI=1S/C15H10FNO6S/c1-2-8-5-10(21-24-23-22-19)7-12-14(8)20-15(17-12)9-3-4-13(18)11(16)6-9/h2-7,18-19H,1H2. The van der Waals surface area contributed by atoms with E-state index >= 15 is 0 Å². The van der Waals surface area contributed by atoms with Crippen molar-refractivity contribution >= 4 is 29.5 Å². The van der Waals surface area contributed by atoms with Crippen LogP contribution in [0.1, 0.15) is 5.56 Å². The molecule has 0 fully saturated rings. The Morgan fingerprint density at radius 3 is 2.83 bits per heavy atom. The Morgan fingerprint density at radius 1 is 1.29 bits per heavy atom. The smallest absolute Gasteiger partial charge is 0.261 e. The molecule has 2 N–H and O–H groups in total. The van der Waals surface area contributed by atoms with Crippen LogP contribution in [0.2, 0.25) is 0 Å². The van der Waals surface area contributed by atoms with Crippen LogP contribution in [0.3, 0.4) is 0 Å². The predicted octanol–water partition coefficient (Wildman–Crippen LogP) is 4.35.